The van der Waals surface area contributed by atoms with E-state index < -0.39 is 17.4 Å². The smallest absolute Gasteiger partial charge is 0.336 e. The Hall–Kier alpha value is -3.58. The Labute approximate surface area is 204 Å². The molecule has 0 bridgehead atoms. The van der Waals surface area contributed by atoms with E-state index in [-0.39, 0.29) is 19.4 Å². The second-order valence-electron chi connectivity index (χ2n) is 8.47. The number of para-hydroxylation sites is 2. The third-order valence-electron chi connectivity index (χ3n) is 6.11. The fourth-order valence-electron chi connectivity index (χ4n) is 4.37. The summed E-state index contributed by atoms with van der Waals surface area (Å²) in [5.41, 5.74) is 0.580. The van der Waals surface area contributed by atoms with Gasteiger partial charge in [-0.2, -0.15) is 0 Å². The molecule has 35 heavy (non-hydrogen) atoms. The highest BCUT2D eigenvalue weighted by Gasteiger charge is 2.40. The minimum Gasteiger partial charge on any atom is -0.492 e. The van der Waals surface area contributed by atoms with Gasteiger partial charge in [0.2, 0.25) is 0 Å². The molecule has 0 aromatic heterocycles. The Morgan fingerprint density at radius 1 is 1.06 bits per heavy atom. The summed E-state index contributed by atoms with van der Waals surface area (Å²) >= 11 is 0. The number of nitrogens with zero attached hydrogens (tertiary/aromatic N) is 1. The van der Waals surface area contributed by atoms with Gasteiger partial charge in [0.1, 0.15) is 30.5 Å². The summed E-state index contributed by atoms with van der Waals surface area (Å²) in [5, 5.41) is 10.0. The van der Waals surface area contributed by atoms with Gasteiger partial charge in [0.25, 0.3) is 0 Å². The molecular formula is C28H30FNO5. The van der Waals surface area contributed by atoms with Crippen LogP contribution in [0.3, 0.4) is 0 Å². The van der Waals surface area contributed by atoms with Crippen LogP contribution in [-0.4, -0.2) is 49.6 Å². The van der Waals surface area contributed by atoms with Gasteiger partial charge in [-0.3, -0.25) is 0 Å². The molecule has 7 heteroatoms. The van der Waals surface area contributed by atoms with E-state index in [9.17, 15) is 14.3 Å². The van der Waals surface area contributed by atoms with Crippen molar-refractivity contribution in [2.45, 2.75) is 25.4 Å². The van der Waals surface area contributed by atoms with E-state index in [2.05, 4.69) is 4.90 Å². The Balaban J connectivity index is 1.39. The number of fused-ring (bicyclic) bond motifs is 1. The summed E-state index contributed by atoms with van der Waals surface area (Å²) < 4.78 is 31.6. The van der Waals surface area contributed by atoms with Gasteiger partial charge < -0.3 is 24.2 Å². The van der Waals surface area contributed by atoms with E-state index in [1.54, 1.807) is 25.1 Å². The minimum absolute atomic E-state index is 0.0673. The van der Waals surface area contributed by atoms with Gasteiger partial charge in [0, 0.05) is 19.4 Å². The molecule has 0 amide bonds. The van der Waals surface area contributed by atoms with Crippen LogP contribution in [0.15, 0.2) is 72.8 Å². The van der Waals surface area contributed by atoms with Crippen molar-refractivity contribution in [3.05, 3.63) is 89.7 Å². The summed E-state index contributed by atoms with van der Waals surface area (Å²) in [6.07, 6.45) is 0.0392. The van der Waals surface area contributed by atoms with Crippen molar-refractivity contribution in [1.29, 1.82) is 0 Å². The molecule has 0 fully saturated rings. The first-order valence-corrected chi connectivity index (χ1v) is 11.8. The average Bonchev–Trinajstić information content (AvgIpc) is 2.86. The Morgan fingerprint density at radius 2 is 1.80 bits per heavy atom. The van der Waals surface area contributed by atoms with Crippen molar-refractivity contribution >= 4 is 11.7 Å². The van der Waals surface area contributed by atoms with Crippen molar-refractivity contribution in [1.82, 2.24) is 0 Å². The zero-order valence-electron chi connectivity index (χ0n) is 19.8. The average molecular weight is 480 g/mol. The van der Waals surface area contributed by atoms with Crippen molar-refractivity contribution in [3.63, 3.8) is 0 Å². The number of carbonyl (C=O) groups is 1. The van der Waals surface area contributed by atoms with Gasteiger partial charge in [-0.1, -0.05) is 42.5 Å². The van der Waals surface area contributed by atoms with E-state index in [4.69, 9.17) is 14.2 Å². The van der Waals surface area contributed by atoms with Crippen LogP contribution in [0.5, 0.6) is 11.5 Å². The third-order valence-corrected chi connectivity index (χ3v) is 6.11. The van der Waals surface area contributed by atoms with Crippen molar-refractivity contribution < 1.29 is 28.5 Å². The largest absolute Gasteiger partial charge is 0.492 e. The van der Waals surface area contributed by atoms with Crippen LogP contribution in [0.25, 0.3) is 0 Å². The zero-order valence-corrected chi connectivity index (χ0v) is 19.8. The second kappa shape index (κ2) is 11.2. The third kappa shape index (κ3) is 5.92. The standard InChI is InChI=1S/C28H30FNO5/c1-2-35-28(27(31)32,20-22-7-3-4-8-24(22)29)19-21-11-13-23(14-12-21)33-17-15-30-16-18-34-26-10-6-5-9-25(26)30/h3-14H,2,15-20H2,1H3,(H,31,32). The number of hydrogen-bond donors (Lipinski definition) is 1. The van der Waals surface area contributed by atoms with E-state index >= 15 is 0 Å². The molecule has 1 aliphatic heterocycles. The Kier molecular flexibility index (Phi) is 7.87. The quantitative estimate of drug-likeness (QED) is 0.428. The molecule has 1 atom stereocenters. The van der Waals surface area contributed by atoms with Crippen LogP contribution in [0.2, 0.25) is 0 Å². The normalized spacial score (nSPS) is 14.5. The predicted octanol–water partition coefficient (Wildman–Crippen LogP) is 4.75. The number of hydrogen-bond acceptors (Lipinski definition) is 5. The van der Waals surface area contributed by atoms with Crippen molar-refractivity contribution in [3.8, 4) is 11.5 Å². The monoisotopic (exact) mass is 479 g/mol. The molecule has 1 heterocycles. The maximum Gasteiger partial charge on any atom is 0.336 e. The topological polar surface area (TPSA) is 68.2 Å². The second-order valence-corrected chi connectivity index (χ2v) is 8.47. The first-order chi connectivity index (χ1) is 17.0. The molecule has 0 saturated carbocycles. The highest BCUT2D eigenvalue weighted by Crippen LogP contribution is 2.31. The highest BCUT2D eigenvalue weighted by atomic mass is 19.1. The first-order valence-electron chi connectivity index (χ1n) is 11.8. The number of carboxylic acids is 1. The van der Waals surface area contributed by atoms with Crippen LogP contribution in [0.1, 0.15) is 18.1 Å². The molecule has 0 spiro atoms. The summed E-state index contributed by atoms with van der Waals surface area (Å²) in [6.45, 7) is 4.60. The van der Waals surface area contributed by atoms with E-state index in [1.807, 2.05) is 48.5 Å². The minimum atomic E-state index is -1.57. The van der Waals surface area contributed by atoms with Crippen molar-refractivity contribution in [2.24, 2.45) is 0 Å². The van der Waals surface area contributed by atoms with E-state index in [0.717, 1.165) is 30.1 Å². The van der Waals surface area contributed by atoms with E-state index in [1.165, 1.54) is 6.07 Å². The van der Waals surface area contributed by atoms with Crippen LogP contribution in [0.4, 0.5) is 10.1 Å². The molecule has 184 valence electrons. The Bertz CT molecular complexity index is 1140. The molecule has 1 unspecified atom stereocenters. The van der Waals surface area contributed by atoms with Gasteiger partial charge in [0.05, 0.1) is 18.8 Å². The van der Waals surface area contributed by atoms with Gasteiger partial charge >= 0.3 is 5.97 Å². The summed E-state index contributed by atoms with van der Waals surface area (Å²) in [7, 11) is 0. The lowest BCUT2D eigenvalue weighted by atomic mass is 9.87. The van der Waals surface area contributed by atoms with Crippen LogP contribution in [0, 0.1) is 5.82 Å². The molecule has 3 aromatic carbocycles. The number of anilines is 1. The van der Waals surface area contributed by atoms with Gasteiger partial charge in [-0.05, 0) is 48.4 Å². The molecule has 1 N–H and O–H groups in total. The summed E-state index contributed by atoms with van der Waals surface area (Å²) in [5.74, 6) is 0.0228. The van der Waals surface area contributed by atoms with Gasteiger partial charge in [-0.15, -0.1) is 0 Å². The molecule has 1 aliphatic rings. The lowest BCUT2D eigenvalue weighted by Gasteiger charge is -2.31. The van der Waals surface area contributed by atoms with Gasteiger partial charge in [-0.25, -0.2) is 9.18 Å². The number of aliphatic carboxylic acids is 1. The van der Waals surface area contributed by atoms with Gasteiger partial charge in [0.15, 0.2) is 5.60 Å². The first kappa shape index (κ1) is 24.5. The number of carboxylic acid groups (broad SMARTS) is 1. The number of benzene rings is 3. The lowest BCUT2D eigenvalue weighted by Crippen LogP contribution is -2.46. The number of ether oxygens (including phenoxy) is 3. The van der Waals surface area contributed by atoms with Crippen LogP contribution >= 0.6 is 0 Å². The zero-order chi connectivity index (χ0) is 24.7. The number of rotatable bonds is 11. The SMILES string of the molecule is CCOC(Cc1ccc(OCCN2CCOc3ccccc32)cc1)(Cc1ccccc1F)C(=O)O. The fourth-order valence-corrected chi connectivity index (χ4v) is 4.37. The number of halogens is 1. The molecule has 3 aromatic rings. The molecule has 0 saturated heterocycles. The lowest BCUT2D eigenvalue weighted by molar-refractivity contribution is -0.165. The molecular weight excluding hydrogens is 449 g/mol. The Morgan fingerprint density at radius 3 is 2.54 bits per heavy atom. The summed E-state index contributed by atoms with van der Waals surface area (Å²) in [6, 6.07) is 21.5. The fraction of sp³-hybridized carbons (Fsp3) is 0.321. The van der Waals surface area contributed by atoms with Crippen LogP contribution < -0.4 is 14.4 Å². The molecule has 0 radical (unpaired) electrons. The highest BCUT2D eigenvalue weighted by molar-refractivity contribution is 5.78. The van der Waals surface area contributed by atoms with E-state index in [0.29, 0.717) is 24.5 Å². The molecule has 4 rings (SSSR count). The maximum atomic E-state index is 14.3. The molecule has 6 nitrogen and oxygen atoms in total. The molecule has 0 aliphatic carbocycles. The predicted molar refractivity (Wildman–Crippen MR) is 132 cm³/mol. The summed E-state index contributed by atoms with van der Waals surface area (Å²) in [4.78, 5) is 14.5. The maximum absolute atomic E-state index is 14.3. The van der Waals surface area contributed by atoms with Crippen molar-refractivity contribution in [2.75, 3.05) is 37.8 Å². The van der Waals surface area contributed by atoms with Crippen LogP contribution in [-0.2, 0) is 22.4 Å².